The molecule has 1 atom stereocenters. The van der Waals surface area contributed by atoms with Crippen LogP contribution in [0, 0.1) is 6.92 Å². The molecule has 21 heavy (non-hydrogen) atoms. The van der Waals surface area contributed by atoms with Crippen molar-refractivity contribution in [1.82, 2.24) is 15.3 Å². The Balaban J connectivity index is 1.93. The van der Waals surface area contributed by atoms with Crippen molar-refractivity contribution in [1.29, 1.82) is 0 Å². The molecule has 0 spiro atoms. The van der Waals surface area contributed by atoms with Gasteiger partial charge in [-0.05, 0) is 49.2 Å². The van der Waals surface area contributed by atoms with Gasteiger partial charge < -0.3 is 5.32 Å². The van der Waals surface area contributed by atoms with Gasteiger partial charge in [-0.15, -0.1) is 0 Å². The molecule has 0 fully saturated rings. The van der Waals surface area contributed by atoms with E-state index < -0.39 is 0 Å². The van der Waals surface area contributed by atoms with Crippen molar-refractivity contribution in [2.24, 2.45) is 0 Å². The Morgan fingerprint density at radius 3 is 2.52 bits per heavy atom. The molecule has 3 heteroatoms. The molecule has 0 saturated carbocycles. The van der Waals surface area contributed by atoms with Gasteiger partial charge in [0.15, 0.2) is 0 Å². The number of hydrogen-bond donors (Lipinski definition) is 1. The molecule has 0 amide bonds. The summed E-state index contributed by atoms with van der Waals surface area (Å²) in [6.45, 7) is 2.16. The van der Waals surface area contributed by atoms with Crippen LogP contribution in [0.15, 0.2) is 54.9 Å². The lowest BCUT2D eigenvalue weighted by Gasteiger charge is -2.18. The lowest BCUT2D eigenvalue weighted by Crippen LogP contribution is -2.19. The molecule has 0 radical (unpaired) electrons. The van der Waals surface area contributed by atoms with Crippen LogP contribution in [0.2, 0.25) is 0 Å². The van der Waals surface area contributed by atoms with Gasteiger partial charge in [0, 0.05) is 18.4 Å². The SMILES string of the molecule is CNC(Cc1ccccc1C)c1ccc2nccnc2c1. The molecule has 0 bridgehead atoms. The molecular formula is C18H19N3. The second kappa shape index (κ2) is 6.02. The minimum absolute atomic E-state index is 0.275. The van der Waals surface area contributed by atoms with E-state index in [1.807, 2.05) is 13.1 Å². The number of hydrogen-bond acceptors (Lipinski definition) is 3. The van der Waals surface area contributed by atoms with Crippen LogP contribution in [0.25, 0.3) is 11.0 Å². The molecule has 0 aliphatic carbocycles. The number of fused-ring (bicyclic) bond motifs is 1. The summed E-state index contributed by atoms with van der Waals surface area (Å²) in [7, 11) is 2.00. The molecular weight excluding hydrogens is 258 g/mol. The highest BCUT2D eigenvalue weighted by atomic mass is 14.9. The molecule has 3 aromatic rings. The van der Waals surface area contributed by atoms with Gasteiger partial charge in [-0.3, -0.25) is 9.97 Å². The molecule has 0 aliphatic rings. The van der Waals surface area contributed by atoms with Gasteiger partial charge in [0.25, 0.3) is 0 Å². The maximum absolute atomic E-state index is 4.39. The highest BCUT2D eigenvalue weighted by molar-refractivity contribution is 5.74. The Hall–Kier alpha value is -2.26. The van der Waals surface area contributed by atoms with Gasteiger partial charge in [0.05, 0.1) is 11.0 Å². The molecule has 0 saturated heterocycles. The van der Waals surface area contributed by atoms with E-state index in [1.165, 1.54) is 16.7 Å². The summed E-state index contributed by atoms with van der Waals surface area (Å²) >= 11 is 0. The number of benzene rings is 2. The first-order chi connectivity index (χ1) is 10.3. The number of likely N-dealkylation sites (N-methyl/N-ethyl adjacent to an activating group) is 1. The van der Waals surface area contributed by atoms with E-state index >= 15 is 0 Å². The van der Waals surface area contributed by atoms with Crippen molar-refractivity contribution in [2.75, 3.05) is 7.05 Å². The molecule has 1 N–H and O–H groups in total. The summed E-state index contributed by atoms with van der Waals surface area (Å²) in [5, 5.41) is 3.41. The summed E-state index contributed by atoms with van der Waals surface area (Å²) in [5.74, 6) is 0. The first kappa shape index (κ1) is 13.7. The number of nitrogens with one attached hydrogen (secondary N) is 1. The highest BCUT2D eigenvalue weighted by Crippen LogP contribution is 2.22. The van der Waals surface area contributed by atoms with Gasteiger partial charge in [-0.1, -0.05) is 30.3 Å². The average molecular weight is 277 g/mol. The Morgan fingerprint density at radius 1 is 1.00 bits per heavy atom. The third kappa shape index (κ3) is 2.93. The molecule has 0 aliphatic heterocycles. The lowest BCUT2D eigenvalue weighted by molar-refractivity contribution is 0.591. The maximum atomic E-state index is 4.39. The van der Waals surface area contributed by atoms with Crippen LogP contribution in [0.3, 0.4) is 0 Å². The minimum Gasteiger partial charge on any atom is -0.313 e. The van der Waals surface area contributed by atoms with Crippen LogP contribution in [0.5, 0.6) is 0 Å². The van der Waals surface area contributed by atoms with Crippen molar-refractivity contribution in [2.45, 2.75) is 19.4 Å². The van der Waals surface area contributed by atoms with Gasteiger partial charge in [0.2, 0.25) is 0 Å². The summed E-state index contributed by atoms with van der Waals surface area (Å²) in [6, 6.07) is 15.1. The highest BCUT2D eigenvalue weighted by Gasteiger charge is 2.12. The van der Waals surface area contributed by atoms with Crippen molar-refractivity contribution >= 4 is 11.0 Å². The van der Waals surface area contributed by atoms with E-state index in [4.69, 9.17) is 0 Å². The van der Waals surface area contributed by atoms with Crippen LogP contribution < -0.4 is 5.32 Å². The van der Waals surface area contributed by atoms with E-state index in [1.54, 1.807) is 12.4 Å². The second-order valence-corrected chi connectivity index (χ2v) is 5.28. The summed E-state index contributed by atoms with van der Waals surface area (Å²) in [4.78, 5) is 8.72. The minimum atomic E-state index is 0.275. The summed E-state index contributed by atoms with van der Waals surface area (Å²) in [5.41, 5.74) is 5.83. The van der Waals surface area contributed by atoms with Crippen molar-refractivity contribution in [3.63, 3.8) is 0 Å². The number of rotatable bonds is 4. The maximum Gasteiger partial charge on any atom is 0.0890 e. The Labute approximate surface area is 125 Å². The monoisotopic (exact) mass is 277 g/mol. The van der Waals surface area contributed by atoms with E-state index in [2.05, 4.69) is 58.6 Å². The van der Waals surface area contributed by atoms with Gasteiger partial charge in [-0.25, -0.2) is 0 Å². The third-order valence-electron chi connectivity index (χ3n) is 3.93. The van der Waals surface area contributed by atoms with Crippen LogP contribution in [0.1, 0.15) is 22.7 Å². The van der Waals surface area contributed by atoms with E-state index in [0.717, 1.165) is 17.5 Å². The van der Waals surface area contributed by atoms with Gasteiger partial charge in [0.1, 0.15) is 0 Å². The Kier molecular flexibility index (Phi) is 3.93. The summed E-state index contributed by atoms with van der Waals surface area (Å²) < 4.78 is 0. The molecule has 3 nitrogen and oxygen atoms in total. The smallest absolute Gasteiger partial charge is 0.0890 e. The van der Waals surface area contributed by atoms with Gasteiger partial charge in [-0.2, -0.15) is 0 Å². The predicted octanol–water partition coefficient (Wildman–Crippen LogP) is 3.44. The Morgan fingerprint density at radius 2 is 1.76 bits per heavy atom. The van der Waals surface area contributed by atoms with E-state index in [-0.39, 0.29) is 6.04 Å². The second-order valence-electron chi connectivity index (χ2n) is 5.28. The third-order valence-corrected chi connectivity index (χ3v) is 3.93. The zero-order valence-corrected chi connectivity index (χ0v) is 12.4. The van der Waals surface area contributed by atoms with Crippen LogP contribution in [-0.2, 0) is 6.42 Å². The number of aryl methyl sites for hydroxylation is 1. The van der Waals surface area contributed by atoms with Crippen molar-refractivity contribution in [3.05, 3.63) is 71.5 Å². The van der Waals surface area contributed by atoms with Crippen molar-refractivity contribution < 1.29 is 0 Å². The molecule has 1 aromatic heterocycles. The fraction of sp³-hybridized carbons (Fsp3) is 0.222. The largest absolute Gasteiger partial charge is 0.313 e. The topological polar surface area (TPSA) is 37.8 Å². The van der Waals surface area contributed by atoms with Gasteiger partial charge >= 0.3 is 0 Å². The fourth-order valence-electron chi connectivity index (χ4n) is 2.64. The molecule has 3 rings (SSSR count). The van der Waals surface area contributed by atoms with Crippen LogP contribution in [0.4, 0.5) is 0 Å². The number of aromatic nitrogens is 2. The lowest BCUT2D eigenvalue weighted by atomic mass is 9.96. The quantitative estimate of drug-likeness (QED) is 0.794. The van der Waals surface area contributed by atoms with E-state index in [9.17, 15) is 0 Å². The number of nitrogens with zero attached hydrogens (tertiary/aromatic N) is 2. The fourth-order valence-corrected chi connectivity index (χ4v) is 2.64. The predicted molar refractivity (Wildman–Crippen MR) is 86.2 cm³/mol. The zero-order valence-electron chi connectivity index (χ0n) is 12.4. The zero-order chi connectivity index (χ0) is 14.7. The first-order valence-corrected chi connectivity index (χ1v) is 7.20. The van der Waals surface area contributed by atoms with E-state index in [0.29, 0.717) is 0 Å². The molecule has 106 valence electrons. The van der Waals surface area contributed by atoms with Crippen LogP contribution >= 0.6 is 0 Å². The van der Waals surface area contributed by atoms with Crippen LogP contribution in [-0.4, -0.2) is 17.0 Å². The average Bonchev–Trinajstić information content (AvgIpc) is 2.54. The molecule has 1 unspecified atom stereocenters. The summed E-state index contributed by atoms with van der Waals surface area (Å²) in [6.07, 6.45) is 4.43. The first-order valence-electron chi connectivity index (χ1n) is 7.20. The standard InChI is InChI=1S/C18H19N3/c1-13-5-3-4-6-14(13)11-17(19-2)15-7-8-16-18(12-15)21-10-9-20-16/h3-10,12,17,19H,11H2,1-2H3. The normalized spacial score (nSPS) is 12.5. The van der Waals surface area contributed by atoms with Crippen molar-refractivity contribution in [3.8, 4) is 0 Å². The molecule has 2 aromatic carbocycles. The molecule has 1 heterocycles. The Bertz CT molecular complexity index is 752.